The van der Waals surface area contributed by atoms with Gasteiger partial charge < -0.3 is 103 Å². The molecule has 3 aliphatic heterocycles. The number of piperidine rings is 3. The van der Waals surface area contributed by atoms with Crippen LogP contribution in [0.3, 0.4) is 0 Å². The summed E-state index contributed by atoms with van der Waals surface area (Å²) in [6.07, 6.45) is 7.54. The summed E-state index contributed by atoms with van der Waals surface area (Å²) < 4.78 is 102. The minimum atomic E-state index is -0.361. The molecule has 0 aliphatic carbocycles. The fourth-order valence-corrected chi connectivity index (χ4v) is 15.9. The van der Waals surface area contributed by atoms with Gasteiger partial charge in [0.15, 0.2) is 0 Å². The van der Waals surface area contributed by atoms with Crippen LogP contribution in [0.4, 0.5) is 4.39 Å². The Hall–Kier alpha value is -10.8. The number of carbonyl (C=O) groups is 3. The van der Waals surface area contributed by atoms with E-state index >= 15 is 0 Å². The van der Waals surface area contributed by atoms with E-state index in [1.165, 1.54) is 55.2 Å². The summed E-state index contributed by atoms with van der Waals surface area (Å²) in [5, 5.41) is 18.8. The molecule has 3 amide bonds. The van der Waals surface area contributed by atoms with Crippen LogP contribution in [0.15, 0.2) is 200 Å². The third kappa shape index (κ3) is 35.5. The first-order valence-electron chi connectivity index (χ1n) is 45.4. The third-order valence-corrected chi connectivity index (χ3v) is 22.5. The lowest BCUT2D eigenvalue weighted by Gasteiger charge is -2.32. The summed E-state index contributed by atoms with van der Waals surface area (Å²) in [5.74, 6) is 7.66. The molecule has 0 radical (unpaired) electrons. The number of para-hydroxylation sites is 4. The van der Waals surface area contributed by atoms with Crippen LogP contribution < -0.4 is 74.5 Å². The van der Waals surface area contributed by atoms with Crippen LogP contribution in [0.5, 0.6) is 51.7 Å². The number of benzene rings is 9. The molecule has 3 fully saturated rings. The first kappa shape index (κ1) is 100. The fraction of sp³-hybridized carbons (Fsp3) is 0.452. The van der Waals surface area contributed by atoms with Crippen molar-refractivity contribution in [1.29, 1.82) is 0 Å². The van der Waals surface area contributed by atoms with E-state index in [9.17, 15) is 18.8 Å². The molecule has 0 spiro atoms. The molecule has 24 nitrogen and oxygen atoms in total. The number of hydrogen-bond acceptors (Lipinski definition) is 21. The van der Waals surface area contributed by atoms with Gasteiger partial charge in [0.05, 0.1) is 119 Å². The van der Waals surface area contributed by atoms with Gasteiger partial charge in [-0.1, -0.05) is 133 Å². The number of halogens is 1. The van der Waals surface area contributed by atoms with E-state index in [4.69, 9.17) is 71.1 Å². The SMILES string of the molecule is COc1ccccc1COCCCOc1ccc([C@H]2CCNC[C@@H]2OCCOc2c(C)cccc2CCNC(C)=O)cc1.COc1ccccc1COCCCOc1ccc([C@H]2CCNC[C@@H]2OCCOc2cc(F)ccc2CCNC(C)=O)cc1.COc1ccccc1COCCCOc1ccc([C@H]2CCNC[C@@H]2OCCOc2ccc(C)cc2CCNC(C)=O)cc1. The molecular weight excluding hydrogens is 1640 g/mol. The topological polar surface area (TPSA) is 262 Å². The van der Waals surface area contributed by atoms with Crippen LogP contribution in [0.1, 0.15) is 138 Å². The molecule has 6 atom stereocenters. The average molecular weight is 1780 g/mol. The summed E-state index contributed by atoms with van der Waals surface area (Å²) in [7, 11) is 5.01. The number of hydrogen-bond donors (Lipinski definition) is 6. The standard InChI is InChI=1S/2C35H46N2O6.C34H43FN2O6/c1-26-8-6-10-29(16-19-37-27(2)38)35(26)43-23-22-42-34-24-36-18-17-32(34)28-12-14-31(15-13-28)41-21-7-20-40-25-30-9-4-5-11-33(30)39-3;1-26-9-14-34(29(23-26)15-18-37-27(2)38)42-21-22-43-35-24-36-17-16-32(35)28-10-12-31(13-11-28)41-20-6-19-40-25-30-7-4-5-8-33(30)39-3;1-25(38)37-17-14-27-8-11-29(35)22-33(27)42-20-21-43-34-23-36-16-15-31(34)26-9-12-30(13-10-26)41-19-5-18-40-24-28-6-3-4-7-32(28)39-2/h4-6,8-15,32,34,36H,7,16-25H2,1-3H3,(H,37,38);4-5,7-14,23,32,35-36H,6,15-22,24-25H2,1-3H3,(H,37,38);3-4,6-13,22,31,34,36H,5,14-21,23-24H2,1-2H3,(H,37,38)/t32-,34+;32-,35+;31-,34+/m111/s1. The zero-order valence-corrected chi connectivity index (χ0v) is 76.6. The number of aryl methyl sites for hydroxylation is 2. The van der Waals surface area contributed by atoms with E-state index < -0.39 is 0 Å². The fourth-order valence-electron chi connectivity index (χ4n) is 15.9. The van der Waals surface area contributed by atoms with Crippen molar-refractivity contribution in [1.82, 2.24) is 31.9 Å². The Kier molecular flexibility index (Phi) is 44.5. The highest BCUT2D eigenvalue weighted by Crippen LogP contribution is 2.35. The van der Waals surface area contributed by atoms with E-state index in [0.717, 1.165) is 176 Å². The Bertz CT molecular complexity index is 4720. The predicted octanol–water partition coefficient (Wildman–Crippen LogP) is 15.5. The van der Waals surface area contributed by atoms with Gasteiger partial charge in [-0.2, -0.15) is 0 Å². The van der Waals surface area contributed by atoms with E-state index in [-0.39, 0.29) is 47.8 Å². The zero-order valence-electron chi connectivity index (χ0n) is 76.6. The second kappa shape index (κ2) is 57.3. The van der Waals surface area contributed by atoms with Gasteiger partial charge in [-0.05, 0) is 178 Å². The summed E-state index contributed by atoms with van der Waals surface area (Å²) >= 11 is 0. The van der Waals surface area contributed by atoms with Crippen molar-refractivity contribution in [2.45, 2.75) is 148 Å². The lowest BCUT2D eigenvalue weighted by Crippen LogP contribution is -2.41. The number of rotatable bonds is 51. The number of methoxy groups -OCH3 is 3. The van der Waals surface area contributed by atoms with Gasteiger partial charge in [0.25, 0.3) is 0 Å². The highest BCUT2D eigenvalue weighted by molar-refractivity contribution is 5.73. The normalized spacial score (nSPS) is 16.4. The Morgan fingerprint density at radius 1 is 0.349 bits per heavy atom. The second-order valence-corrected chi connectivity index (χ2v) is 32.1. The summed E-state index contributed by atoms with van der Waals surface area (Å²) in [6.45, 7) is 23.3. The number of ether oxygens (including phenoxy) is 15. The molecule has 696 valence electrons. The summed E-state index contributed by atoms with van der Waals surface area (Å²) in [5.41, 5.74) is 12.1. The van der Waals surface area contributed by atoms with Crippen molar-refractivity contribution in [3.8, 4) is 51.7 Å². The first-order valence-corrected chi connectivity index (χ1v) is 45.4. The smallest absolute Gasteiger partial charge is 0.216 e. The second-order valence-electron chi connectivity index (χ2n) is 32.1. The van der Waals surface area contributed by atoms with Crippen molar-refractivity contribution in [3.05, 3.63) is 267 Å². The number of carbonyl (C=O) groups excluding carboxylic acids is 3. The van der Waals surface area contributed by atoms with Crippen LogP contribution in [0.25, 0.3) is 0 Å². The van der Waals surface area contributed by atoms with Gasteiger partial charge >= 0.3 is 0 Å². The largest absolute Gasteiger partial charge is 0.496 e. The van der Waals surface area contributed by atoms with Crippen molar-refractivity contribution >= 4 is 17.7 Å². The Morgan fingerprint density at radius 2 is 0.721 bits per heavy atom. The summed E-state index contributed by atoms with van der Waals surface area (Å²) in [4.78, 5) is 33.7. The van der Waals surface area contributed by atoms with Gasteiger partial charge in [0.2, 0.25) is 17.7 Å². The van der Waals surface area contributed by atoms with Gasteiger partial charge in [-0.25, -0.2) is 4.39 Å². The van der Waals surface area contributed by atoms with Crippen molar-refractivity contribution in [3.63, 3.8) is 0 Å². The quantitative estimate of drug-likeness (QED) is 0.0194. The molecule has 3 aliphatic rings. The highest BCUT2D eigenvalue weighted by Gasteiger charge is 2.31. The maximum Gasteiger partial charge on any atom is 0.216 e. The molecule has 9 aromatic carbocycles. The maximum absolute atomic E-state index is 13.9. The van der Waals surface area contributed by atoms with Gasteiger partial charge in [0, 0.05) is 120 Å². The minimum absolute atomic E-state index is 0.00347. The van der Waals surface area contributed by atoms with Crippen molar-refractivity contribution < 1.29 is 89.8 Å². The van der Waals surface area contributed by atoms with Crippen LogP contribution >= 0.6 is 0 Å². The zero-order chi connectivity index (χ0) is 90.8. The predicted molar refractivity (Wildman–Crippen MR) is 500 cm³/mol. The van der Waals surface area contributed by atoms with E-state index in [2.05, 4.69) is 87.4 Å². The molecule has 0 saturated carbocycles. The molecule has 25 heteroatoms. The van der Waals surface area contributed by atoms with Crippen molar-refractivity contribution in [2.24, 2.45) is 0 Å². The van der Waals surface area contributed by atoms with Crippen LogP contribution in [0.2, 0.25) is 0 Å². The van der Waals surface area contributed by atoms with E-state index in [1.807, 2.05) is 140 Å². The molecule has 129 heavy (non-hydrogen) atoms. The van der Waals surface area contributed by atoms with E-state index in [0.29, 0.717) is 143 Å². The maximum atomic E-state index is 13.9. The molecule has 3 heterocycles. The van der Waals surface area contributed by atoms with Crippen LogP contribution in [-0.4, -0.2) is 196 Å². The highest BCUT2D eigenvalue weighted by atomic mass is 19.1. The summed E-state index contributed by atoms with van der Waals surface area (Å²) in [6, 6.07) is 65.5. The molecule has 0 bridgehead atoms. The molecule has 0 unspecified atom stereocenters. The Morgan fingerprint density at radius 3 is 1.12 bits per heavy atom. The van der Waals surface area contributed by atoms with Gasteiger partial charge in [-0.15, -0.1) is 0 Å². The van der Waals surface area contributed by atoms with E-state index in [1.54, 1.807) is 27.4 Å². The van der Waals surface area contributed by atoms with Crippen LogP contribution in [-0.2, 0) is 81.9 Å². The average Bonchev–Trinajstić information content (AvgIpc) is 0.839. The van der Waals surface area contributed by atoms with Crippen molar-refractivity contribution in [2.75, 3.05) is 160 Å². The lowest BCUT2D eigenvalue weighted by atomic mass is 9.88. The molecule has 0 aromatic heterocycles. The van der Waals surface area contributed by atoms with Gasteiger partial charge in [0.1, 0.15) is 77.4 Å². The molecular formula is C104H135FN6O18. The third-order valence-electron chi connectivity index (χ3n) is 22.5. The number of nitrogens with one attached hydrogen (secondary N) is 6. The van der Waals surface area contributed by atoms with Gasteiger partial charge in [-0.3, -0.25) is 14.4 Å². The molecule has 6 N–H and O–H groups in total. The molecule has 3 saturated heterocycles. The minimum Gasteiger partial charge on any atom is -0.496 e. The van der Waals surface area contributed by atoms with Crippen LogP contribution in [0, 0.1) is 19.7 Å². The lowest BCUT2D eigenvalue weighted by molar-refractivity contribution is -0.119. The monoisotopic (exact) mass is 1770 g/mol. The first-order chi connectivity index (χ1) is 63.1. The Labute approximate surface area is 762 Å². The Balaban J connectivity index is 0.000000201. The number of amides is 3. The molecule has 12 rings (SSSR count). The molecule has 9 aromatic rings.